The highest BCUT2D eigenvalue weighted by atomic mass is 19.4. The Kier molecular flexibility index (Phi) is 8.09. The number of aliphatic hydroxyl groups is 1. The number of ether oxygens (including phenoxy) is 1. The van der Waals surface area contributed by atoms with Gasteiger partial charge in [0.1, 0.15) is 12.1 Å². The molecule has 3 heterocycles. The van der Waals surface area contributed by atoms with Crippen molar-refractivity contribution in [2.45, 2.75) is 24.7 Å². The van der Waals surface area contributed by atoms with Crippen LogP contribution in [0.5, 0.6) is 0 Å². The number of morpholine rings is 1. The number of carbonyl (C=O) groups is 1. The zero-order valence-corrected chi connectivity index (χ0v) is 19.7. The molecule has 0 radical (unpaired) electrons. The molecule has 0 aliphatic carbocycles. The number of hydrogen-bond donors (Lipinski definition) is 3. The molecule has 0 spiro atoms. The molecule has 2 aliphatic rings. The summed E-state index contributed by atoms with van der Waals surface area (Å²) >= 11 is 0. The minimum absolute atomic E-state index is 0.0430. The summed E-state index contributed by atoms with van der Waals surface area (Å²) in [5, 5.41) is 13.3. The maximum Gasteiger partial charge on any atom is 0.416 e. The quantitative estimate of drug-likeness (QED) is 0.465. The SMILES string of the molecule is NC(=O)CN1CC[C@@H](CNc2ncnc(N3CCOC[C@@H]3c3ccc(C(F)(F)F)cc3F)c2F)[C@H](O)C1. The number of carbonyl (C=O) groups excluding carboxylic acids is 1. The van der Waals surface area contributed by atoms with Crippen molar-refractivity contribution in [3.8, 4) is 0 Å². The zero-order valence-electron chi connectivity index (χ0n) is 19.7. The standard InChI is InChI=1S/C23H27F5N6O3/c24-16-7-14(23(26,27)28)1-2-15(16)17-11-37-6-5-34(17)22-20(25)21(31-12-32-22)30-8-13-3-4-33(9-18(13)35)10-19(29)36/h1-2,7,12-13,17-18,35H,3-6,8-11H2,(H2,29,36)(H,30,31,32)/t13-,17+,18+/m0/s1. The molecule has 14 heteroatoms. The first-order valence-corrected chi connectivity index (χ1v) is 11.7. The molecule has 2 fully saturated rings. The second-order valence-electron chi connectivity index (χ2n) is 9.08. The number of nitrogens with zero attached hydrogens (tertiary/aromatic N) is 4. The first-order valence-electron chi connectivity index (χ1n) is 11.7. The molecule has 1 aromatic carbocycles. The van der Waals surface area contributed by atoms with Gasteiger partial charge < -0.3 is 25.8 Å². The van der Waals surface area contributed by atoms with Gasteiger partial charge in [-0.3, -0.25) is 9.69 Å². The fourth-order valence-electron chi connectivity index (χ4n) is 4.65. The molecule has 3 atom stereocenters. The number of primary amides is 1. The van der Waals surface area contributed by atoms with Gasteiger partial charge in [-0.05, 0) is 25.1 Å². The third kappa shape index (κ3) is 6.25. The Morgan fingerprint density at radius 2 is 2.03 bits per heavy atom. The minimum Gasteiger partial charge on any atom is -0.391 e. The molecule has 2 aromatic rings. The number of benzene rings is 1. The van der Waals surface area contributed by atoms with Gasteiger partial charge in [0, 0.05) is 31.1 Å². The number of amides is 1. The molecule has 202 valence electrons. The number of nitrogens with two attached hydrogens (primary N) is 1. The zero-order chi connectivity index (χ0) is 26.7. The molecular weight excluding hydrogens is 503 g/mol. The van der Waals surface area contributed by atoms with E-state index in [2.05, 4.69) is 15.3 Å². The molecule has 2 aliphatic heterocycles. The van der Waals surface area contributed by atoms with Crippen molar-refractivity contribution < 1.29 is 36.6 Å². The van der Waals surface area contributed by atoms with E-state index in [9.17, 15) is 27.5 Å². The Labute approximate surface area is 209 Å². The summed E-state index contributed by atoms with van der Waals surface area (Å²) in [7, 11) is 0. The van der Waals surface area contributed by atoms with E-state index in [0.717, 1.165) is 18.5 Å². The molecule has 9 nitrogen and oxygen atoms in total. The molecule has 0 saturated carbocycles. The fraction of sp³-hybridized carbons (Fsp3) is 0.522. The third-order valence-electron chi connectivity index (χ3n) is 6.58. The number of alkyl halides is 3. The molecule has 0 unspecified atom stereocenters. The van der Waals surface area contributed by atoms with Gasteiger partial charge in [0.05, 0.1) is 37.5 Å². The van der Waals surface area contributed by atoms with Crippen LogP contribution < -0.4 is 16.0 Å². The molecule has 1 amide bonds. The number of β-amino-alcohol motifs (C(OH)–C–C–N with tert-alkyl or cyclic N) is 1. The number of anilines is 2. The van der Waals surface area contributed by atoms with Crippen LogP contribution in [0.2, 0.25) is 0 Å². The van der Waals surface area contributed by atoms with Crippen LogP contribution in [0.4, 0.5) is 33.6 Å². The molecular formula is C23H27F5N6O3. The number of aromatic nitrogens is 2. The normalized spacial score (nSPS) is 23.2. The van der Waals surface area contributed by atoms with Crippen molar-refractivity contribution in [1.82, 2.24) is 14.9 Å². The van der Waals surface area contributed by atoms with Gasteiger partial charge in [-0.2, -0.15) is 17.6 Å². The number of rotatable bonds is 7. The number of piperidine rings is 1. The summed E-state index contributed by atoms with van der Waals surface area (Å²) in [6, 6.07) is 1.29. The van der Waals surface area contributed by atoms with E-state index in [1.165, 1.54) is 4.90 Å². The fourth-order valence-corrected chi connectivity index (χ4v) is 4.65. The smallest absolute Gasteiger partial charge is 0.391 e. The largest absolute Gasteiger partial charge is 0.416 e. The minimum atomic E-state index is -4.70. The summed E-state index contributed by atoms with van der Waals surface area (Å²) in [5.74, 6) is -2.91. The lowest BCUT2D eigenvalue weighted by Gasteiger charge is -2.37. The van der Waals surface area contributed by atoms with Crippen LogP contribution in [0.15, 0.2) is 24.5 Å². The second kappa shape index (κ2) is 11.1. The van der Waals surface area contributed by atoms with Gasteiger partial charge in [0.25, 0.3) is 0 Å². The van der Waals surface area contributed by atoms with Gasteiger partial charge >= 0.3 is 6.18 Å². The highest BCUT2D eigenvalue weighted by molar-refractivity contribution is 5.75. The molecule has 2 saturated heterocycles. The maximum absolute atomic E-state index is 15.5. The first-order chi connectivity index (χ1) is 17.5. The third-order valence-corrected chi connectivity index (χ3v) is 6.58. The van der Waals surface area contributed by atoms with E-state index >= 15 is 4.39 Å². The Hall–Kier alpha value is -3.10. The number of aliphatic hydroxyl groups excluding tert-OH is 1. The van der Waals surface area contributed by atoms with E-state index in [0.29, 0.717) is 19.0 Å². The van der Waals surface area contributed by atoms with Crippen LogP contribution in [0.3, 0.4) is 0 Å². The first kappa shape index (κ1) is 26.9. The van der Waals surface area contributed by atoms with E-state index in [1.807, 2.05) is 0 Å². The van der Waals surface area contributed by atoms with Crippen molar-refractivity contribution >= 4 is 17.5 Å². The molecule has 1 aromatic heterocycles. The Morgan fingerprint density at radius 1 is 1.24 bits per heavy atom. The summed E-state index contributed by atoms with van der Waals surface area (Å²) in [5.41, 5.74) is 4.00. The Bertz CT molecular complexity index is 1120. The summed E-state index contributed by atoms with van der Waals surface area (Å²) in [6.07, 6.45) is -3.80. The van der Waals surface area contributed by atoms with E-state index in [4.69, 9.17) is 10.5 Å². The number of nitrogens with one attached hydrogen (secondary N) is 1. The number of likely N-dealkylation sites (tertiary alicyclic amines) is 1. The van der Waals surface area contributed by atoms with Crippen molar-refractivity contribution in [1.29, 1.82) is 0 Å². The molecule has 37 heavy (non-hydrogen) atoms. The van der Waals surface area contributed by atoms with Crippen LogP contribution in [-0.2, 0) is 15.7 Å². The molecule has 0 bridgehead atoms. The Morgan fingerprint density at radius 3 is 2.70 bits per heavy atom. The van der Waals surface area contributed by atoms with Crippen molar-refractivity contribution in [3.05, 3.63) is 47.3 Å². The van der Waals surface area contributed by atoms with Crippen LogP contribution in [0.1, 0.15) is 23.6 Å². The van der Waals surface area contributed by atoms with Crippen LogP contribution in [0, 0.1) is 17.6 Å². The summed E-state index contributed by atoms with van der Waals surface area (Å²) in [4.78, 5) is 22.2. The number of hydrogen-bond acceptors (Lipinski definition) is 8. The number of halogens is 5. The average molecular weight is 530 g/mol. The second-order valence-corrected chi connectivity index (χ2v) is 9.08. The van der Waals surface area contributed by atoms with E-state index in [1.54, 1.807) is 4.90 Å². The van der Waals surface area contributed by atoms with Gasteiger partial charge in [-0.1, -0.05) is 6.07 Å². The van der Waals surface area contributed by atoms with Crippen LogP contribution >= 0.6 is 0 Å². The van der Waals surface area contributed by atoms with Crippen molar-refractivity contribution in [2.24, 2.45) is 11.7 Å². The van der Waals surface area contributed by atoms with Crippen LogP contribution in [-0.4, -0.2) is 77.9 Å². The molecule has 4 rings (SSSR count). The monoisotopic (exact) mass is 530 g/mol. The Balaban J connectivity index is 1.49. The van der Waals surface area contributed by atoms with E-state index < -0.39 is 41.4 Å². The predicted octanol–water partition coefficient (Wildman–Crippen LogP) is 1.93. The van der Waals surface area contributed by atoms with Gasteiger partial charge in [0.15, 0.2) is 11.6 Å². The van der Waals surface area contributed by atoms with Crippen LogP contribution in [0.25, 0.3) is 0 Å². The lowest BCUT2D eigenvalue weighted by atomic mass is 9.93. The van der Waals surface area contributed by atoms with Crippen molar-refractivity contribution in [2.75, 3.05) is 56.2 Å². The lowest BCUT2D eigenvalue weighted by molar-refractivity contribution is -0.137. The summed E-state index contributed by atoms with van der Waals surface area (Å²) in [6.45, 7) is 1.25. The summed E-state index contributed by atoms with van der Waals surface area (Å²) < 4.78 is 74.5. The van der Waals surface area contributed by atoms with E-state index in [-0.39, 0.29) is 62.5 Å². The average Bonchev–Trinajstić information content (AvgIpc) is 2.83. The lowest BCUT2D eigenvalue weighted by Crippen LogP contribution is -2.48. The topological polar surface area (TPSA) is 117 Å². The maximum atomic E-state index is 15.5. The van der Waals surface area contributed by atoms with Crippen molar-refractivity contribution in [3.63, 3.8) is 0 Å². The van der Waals surface area contributed by atoms with Gasteiger partial charge in [-0.25, -0.2) is 14.4 Å². The van der Waals surface area contributed by atoms with Gasteiger partial charge in [-0.15, -0.1) is 0 Å². The predicted molar refractivity (Wildman–Crippen MR) is 123 cm³/mol. The highest BCUT2D eigenvalue weighted by Crippen LogP contribution is 2.36. The molecule has 4 N–H and O–H groups in total. The van der Waals surface area contributed by atoms with Gasteiger partial charge in [0.2, 0.25) is 11.7 Å². The highest BCUT2D eigenvalue weighted by Gasteiger charge is 2.35.